The molecule has 0 aromatic heterocycles. The van der Waals surface area contributed by atoms with Crippen molar-refractivity contribution in [2.75, 3.05) is 39.3 Å². The molecule has 0 unspecified atom stereocenters. The second-order valence-corrected chi connectivity index (χ2v) is 5.87. The van der Waals surface area contributed by atoms with Gasteiger partial charge in [0.25, 0.3) is 0 Å². The van der Waals surface area contributed by atoms with Crippen LogP contribution in [0.2, 0.25) is 0 Å². The van der Waals surface area contributed by atoms with E-state index in [1.165, 1.54) is 11.3 Å². The minimum atomic E-state index is -0.0444. The molecule has 0 saturated carbocycles. The topological polar surface area (TPSA) is 50.8 Å². The summed E-state index contributed by atoms with van der Waals surface area (Å²) < 4.78 is 10.7. The number of carbonyl (C=O) groups excluding carboxylic acids is 1. The van der Waals surface area contributed by atoms with E-state index >= 15 is 0 Å². The molecule has 0 bridgehead atoms. The number of anilines is 1. The molecule has 0 aliphatic carbocycles. The number of amides is 1. The molecule has 5 nitrogen and oxygen atoms in total. The van der Waals surface area contributed by atoms with Crippen LogP contribution in [0.1, 0.15) is 18.4 Å². The number of carbonyl (C=O) groups is 1. The minimum Gasteiger partial charge on any atom is -0.379 e. The smallest absolute Gasteiger partial charge is 0.220 e. The normalized spacial score (nSPS) is 21.4. The highest BCUT2D eigenvalue weighted by Crippen LogP contribution is 2.14. The van der Waals surface area contributed by atoms with Gasteiger partial charge in [-0.25, -0.2) is 0 Å². The first-order valence-electron chi connectivity index (χ1n) is 7.76. The van der Waals surface area contributed by atoms with Crippen molar-refractivity contribution in [1.29, 1.82) is 0 Å². The van der Waals surface area contributed by atoms with Crippen LogP contribution in [0.4, 0.5) is 5.69 Å². The van der Waals surface area contributed by atoms with Crippen molar-refractivity contribution >= 4 is 11.6 Å². The number of methoxy groups -OCH3 is 1. The fourth-order valence-corrected chi connectivity index (χ4v) is 2.61. The summed E-state index contributed by atoms with van der Waals surface area (Å²) in [5, 5.41) is 3.07. The molecule has 1 saturated heterocycles. The van der Waals surface area contributed by atoms with Crippen LogP contribution in [0.5, 0.6) is 0 Å². The standard InChI is InChI=1S/C17H26N2O3/c1-19(2)14-7-4-13(5-8-14)6-9-17(20)18-15-10-11-22-12-16(15)21-3/h4-5,7-8,15-16H,6,9-12H2,1-3H3,(H,18,20)/t15-,16-/m1/s1. The molecule has 22 heavy (non-hydrogen) atoms. The molecule has 2 rings (SSSR count). The molecule has 1 N–H and O–H groups in total. The average Bonchev–Trinajstić information content (AvgIpc) is 2.54. The van der Waals surface area contributed by atoms with Crippen LogP contribution in [-0.4, -0.2) is 52.5 Å². The predicted molar refractivity (Wildman–Crippen MR) is 87.3 cm³/mol. The molecular weight excluding hydrogens is 280 g/mol. The third kappa shape index (κ3) is 4.71. The molecular formula is C17H26N2O3. The van der Waals surface area contributed by atoms with E-state index in [0.717, 1.165) is 12.8 Å². The largest absolute Gasteiger partial charge is 0.379 e. The molecule has 122 valence electrons. The zero-order valence-corrected chi connectivity index (χ0v) is 13.7. The Morgan fingerprint density at radius 3 is 2.73 bits per heavy atom. The van der Waals surface area contributed by atoms with E-state index in [9.17, 15) is 4.79 Å². The van der Waals surface area contributed by atoms with Crippen molar-refractivity contribution < 1.29 is 14.3 Å². The van der Waals surface area contributed by atoms with Gasteiger partial charge in [0.15, 0.2) is 0 Å². The van der Waals surface area contributed by atoms with E-state index in [2.05, 4.69) is 34.5 Å². The molecule has 1 aliphatic rings. The van der Waals surface area contributed by atoms with E-state index in [4.69, 9.17) is 9.47 Å². The van der Waals surface area contributed by atoms with Gasteiger partial charge in [0.2, 0.25) is 5.91 Å². The number of benzene rings is 1. The Morgan fingerprint density at radius 1 is 1.36 bits per heavy atom. The lowest BCUT2D eigenvalue weighted by atomic mass is 10.0. The highest BCUT2D eigenvalue weighted by atomic mass is 16.5. The van der Waals surface area contributed by atoms with E-state index < -0.39 is 0 Å². The molecule has 1 aromatic carbocycles. The van der Waals surface area contributed by atoms with Crippen LogP contribution in [0.15, 0.2) is 24.3 Å². The van der Waals surface area contributed by atoms with E-state index in [1.54, 1.807) is 7.11 Å². The summed E-state index contributed by atoms with van der Waals surface area (Å²) in [5.41, 5.74) is 2.34. The molecule has 1 fully saturated rings. The fourth-order valence-electron chi connectivity index (χ4n) is 2.61. The van der Waals surface area contributed by atoms with Crippen molar-refractivity contribution in [3.63, 3.8) is 0 Å². The maximum Gasteiger partial charge on any atom is 0.220 e. The average molecular weight is 306 g/mol. The Hall–Kier alpha value is -1.59. The van der Waals surface area contributed by atoms with Crippen LogP contribution in [0, 0.1) is 0 Å². The van der Waals surface area contributed by atoms with Gasteiger partial charge in [0.05, 0.1) is 12.6 Å². The van der Waals surface area contributed by atoms with E-state index in [0.29, 0.717) is 19.6 Å². The van der Waals surface area contributed by atoms with Crippen molar-refractivity contribution in [3.05, 3.63) is 29.8 Å². The number of ether oxygens (including phenoxy) is 2. The highest BCUT2D eigenvalue weighted by molar-refractivity contribution is 5.76. The number of aryl methyl sites for hydroxylation is 1. The summed E-state index contributed by atoms with van der Waals surface area (Å²) in [4.78, 5) is 14.2. The predicted octanol–water partition coefficient (Wildman–Crippen LogP) is 1.61. The number of rotatable bonds is 6. The third-order valence-corrected chi connectivity index (χ3v) is 4.05. The zero-order chi connectivity index (χ0) is 15.9. The molecule has 0 radical (unpaired) electrons. The maximum atomic E-state index is 12.1. The van der Waals surface area contributed by atoms with Gasteiger partial charge in [-0.15, -0.1) is 0 Å². The van der Waals surface area contributed by atoms with Gasteiger partial charge in [-0.05, 0) is 30.5 Å². The maximum absolute atomic E-state index is 12.1. The van der Waals surface area contributed by atoms with E-state index in [1.807, 2.05) is 14.1 Å². The second kappa shape index (κ2) is 8.15. The number of hydrogen-bond acceptors (Lipinski definition) is 4. The molecule has 1 aliphatic heterocycles. The third-order valence-electron chi connectivity index (χ3n) is 4.05. The van der Waals surface area contributed by atoms with Gasteiger partial charge in [-0.1, -0.05) is 12.1 Å². The van der Waals surface area contributed by atoms with Crippen molar-refractivity contribution in [3.8, 4) is 0 Å². The molecule has 1 heterocycles. The molecule has 1 aromatic rings. The summed E-state index contributed by atoms with van der Waals surface area (Å²) in [6, 6.07) is 8.37. The van der Waals surface area contributed by atoms with Crippen molar-refractivity contribution in [2.45, 2.75) is 31.4 Å². The van der Waals surface area contributed by atoms with Crippen molar-refractivity contribution in [1.82, 2.24) is 5.32 Å². The van der Waals surface area contributed by atoms with Gasteiger partial charge < -0.3 is 19.7 Å². The monoisotopic (exact) mass is 306 g/mol. The van der Waals surface area contributed by atoms with Gasteiger partial charge in [0, 0.05) is 39.9 Å². The molecule has 2 atom stereocenters. The Bertz CT molecular complexity index is 473. The number of nitrogens with zero attached hydrogens (tertiary/aromatic N) is 1. The number of nitrogens with one attached hydrogen (secondary N) is 1. The van der Waals surface area contributed by atoms with Crippen molar-refractivity contribution in [2.24, 2.45) is 0 Å². The summed E-state index contributed by atoms with van der Waals surface area (Å²) in [6.45, 7) is 1.23. The fraction of sp³-hybridized carbons (Fsp3) is 0.588. The SMILES string of the molecule is CO[C@@H]1COCC[C@H]1NC(=O)CCc1ccc(N(C)C)cc1. The van der Waals surface area contributed by atoms with Crippen LogP contribution in [0.25, 0.3) is 0 Å². The van der Waals surface area contributed by atoms with Crippen LogP contribution >= 0.6 is 0 Å². The molecule has 1 amide bonds. The Morgan fingerprint density at radius 2 is 2.09 bits per heavy atom. The summed E-state index contributed by atoms with van der Waals surface area (Å²) in [7, 11) is 5.69. The zero-order valence-electron chi connectivity index (χ0n) is 13.7. The number of hydrogen-bond donors (Lipinski definition) is 1. The summed E-state index contributed by atoms with van der Waals surface area (Å²) in [5.74, 6) is 0.0747. The van der Waals surface area contributed by atoms with Crippen LogP contribution < -0.4 is 10.2 Å². The highest BCUT2D eigenvalue weighted by Gasteiger charge is 2.26. The van der Waals surface area contributed by atoms with E-state index in [-0.39, 0.29) is 18.1 Å². The Balaban J connectivity index is 1.79. The first-order chi connectivity index (χ1) is 10.6. The molecule has 0 spiro atoms. The van der Waals surface area contributed by atoms with Gasteiger partial charge in [-0.2, -0.15) is 0 Å². The minimum absolute atomic E-state index is 0.0444. The molecule has 5 heteroatoms. The first kappa shape index (κ1) is 16.8. The first-order valence-corrected chi connectivity index (χ1v) is 7.76. The van der Waals surface area contributed by atoms with Gasteiger partial charge in [-0.3, -0.25) is 4.79 Å². The Labute approximate surface area is 132 Å². The van der Waals surface area contributed by atoms with Gasteiger partial charge >= 0.3 is 0 Å². The lowest BCUT2D eigenvalue weighted by molar-refractivity contribution is -0.125. The van der Waals surface area contributed by atoms with Gasteiger partial charge in [0.1, 0.15) is 6.10 Å². The summed E-state index contributed by atoms with van der Waals surface area (Å²) >= 11 is 0. The second-order valence-electron chi connectivity index (χ2n) is 5.87. The lowest BCUT2D eigenvalue weighted by Crippen LogP contribution is -2.49. The Kier molecular flexibility index (Phi) is 6.21. The quantitative estimate of drug-likeness (QED) is 0.867. The lowest BCUT2D eigenvalue weighted by Gasteiger charge is -2.31. The summed E-state index contributed by atoms with van der Waals surface area (Å²) in [6.07, 6.45) is 2.01. The van der Waals surface area contributed by atoms with Crippen LogP contribution in [-0.2, 0) is 20.7 Å². The van der Waals surface area contributed by atoms with Crippen LogP contribution in [0.3, 0.4) is 0 Å².